The molecule has 1 heterocycles. The molecule has 0 aromatic heterocycles. The van der Waals surface area contributed by atoms with Crippen molar-refractivity contribution in [2.75, 3.05) is 19.7 Å². The lowest BCUT2D eigenvalue weighted by molar-refractivity contribution is -0.135. The number of nitrogens with zero attached hydrogens (tertiary/aromatic N) is 1. The fourth-order valence-electron chi connectivity index (χ4n) is 3.38. The highest BCUT2D eigenvalue weighted by molar-refractivity contribution is 5.83. The molecule has 0 spiro atoms. The molecule has 1 saturated carbocycles. The third-order valence-corrected chi connectivity index (χ3v) is 4.80. The molecule has 1 aliphatic heterocycles. The van der Waals surface area contributed by atoms with Gasteiger partial charge in [-0.05, 0) is 48.8 Å². The Morgan fingerprint density at radius 3 is 2.74 bits per heavy atom. The van der Waals surface area contributed by atoms with Crippen molar-refractivity contribution < 1.29 is 13.9 Å². The van der Waals surface area contributed by atoms with Crippen LogP contribution in [0.1, 0.15) is 44.6 Å². The first-order valence-electron chi connectivity index (χ1n) is 8.70. The van der Waals surface area contributed by atoms with Gasteiger partial charge in [0.2, 0.25) is 5.91 Å². The second kappa shape index (κ2) is 7.00. The SMILES string of the molecule is CC(C)COC1CCN(C(=O)[C@@H]2C[C@H]2c2cccc(F)c2)CC1. The predicted octanol–water partition coefficient (Wildman–Crippen LogP) is 3.59. The first-order chi connectivity index (χ1) is 11.0. The van der Waals surface area contributed by atoms with Crippen LogP contribution in [0.25, 0.3) is 0 Å². The van der Waals surface area contributed by atoms with Crippen molar-refractivity contribution in [3.8, 4) is 0 Å². The van der Waals surface area contributed by atoms with Gasteiger partial charge in [0.15, 0.2) is 0 Å². The topological polar surface area (TPSA) is 29.5 Å². The van der Waals surface area contributed by atoms with Gasteiger partial charge in [-0.25, -0.2) is 4.39 Å². The summed E-state index contributed by atoms with van der Waals surface area (Å²) < 4.78 is 19.2. The van der Waals surface area contributed by atoms with E-state index < -0.39 is 0 Å². The van der Waals surface area contributed by atoms with Crippen molar-refractivity contribution >= 4 is 5.91 Å². The highest BCUT2D eigenvalue weighted by Crippen LogP contribution is 2.48. The van der Waals surface area contributed by atoms with Crippen LogP contribution in [0.5, 0.6) is 0 Å². The summed E-state index contributed by atoms with van der Waals surface area (Å²) in [6.07, 6.45) is 3.00. The minimum atomic E-state index is -0.219. The van der Waals surface area contributed by atoms with E-state index >= 15 is 0 Å². The van der Waals surface area contributed by atoms with Crippen LogP contribution < -0.4 is 0 Å². The maximum Gasteiger partial charge on any atom is 0.226 e. The molecular weight excluding hydrogens is 293 g/mol. The van der Waals surface area contributed by atoms with Gasteiger partial charge in [0.05, 0.1) is 6.10 Å². The molecule has 2 atom stereocenters. The standard InChI is InChI=1S/C19H26FNO2/c1-13(2)12-23-16-6-8-21(9-7-16)19(22)18-11-17(18)14-4-3-5-15(20)10-14/h3-5,10,13,16-18H,6-9,11-12H2,1-2H3/t17-,18+/m0/s1. The maximum absolute atomic E-state index is 13.3. The van der Waals surface area contributed by atoms with Gasteiger partial charge in [-0.1, -0.05) is 26.0 Å². The summed E-state index contributed by atoms with van der Waals surface area (Å²) in [4.78, 5) is 14.6. The van der Waals surface area contributed by atoms with E-state index in [0.717, 1.165) is 44.5 Å². The van der Waals surface area contributed by atoms with Crippen LogP contribution in [-0.4, -0.2) is 36.6 Å². The number of benzene rings is 1. The molecule has 1 amide bonds. The Balaban J connectivity index is 1.47. The van der Waals surface area contributed by atoms with Crippen molar-refractivity contribution in [1.82, 2.24) is 4.90 Å². The highest BCUT2D eigenvalue weighted by atomic mass is 19.1. The highest BCUT2D eigenvalue weighted by Gasteiger charge is 2.46. The Morgan fingerprint density at radius 2 is 2.09 bits per heavy atom. The molecule has 3 nitrogen and oxygen atoms in total. The monoisotopic (exact) mass is 319 g/mol. The van der Waals surface area contributed by atoms with E-state index in [-0.39, 0.29) is 23.6 Å². The van der Waals surface area contributed by atoms with Crippen LogP contribution in [-0.2, 0) is 9.53 Å². The number of ether oxygens (including phenoxy) is 1. The smallest absolute Gasteiger partial charge is 0.226 e. The van der Waals surface area contributed by atoms with Gasteiger partial charge in [-0.3, -0.25) is 4.79 Å². The number of rotatable bonds is 5. The summed E-state index contributed by atoms with van der Waals surface area (Å²) >= 11 is 0. The summed E-state index contributed by atoms with van der Waals surface area (Å²) in [6.45, 7) is 6.67. The van der Waals surface area contributed by atoms with Gasteiger partial charge in [-0.15, -0.1) is 0 Å². The Labute approximate surface area is 137 Å². The zero-order valence-corrected chi connectivity index (χ0v) is 14.0. The van der Waals surface area contributed by atoms with Crippen LogP contribution in [0, 0.1) is 17.7 Å². The largest absolute Gasteiger partial charge is 0.378 e. The van der Waals surface area contributed by atoms with Crippen LogP contribution in [0.2, 0.25) is 0 Å². The van der Waals surface area contributed by atoms with E-state index in [2.05, 4.69) is 13.8 Å². The van der Waals surface area contributed by atoms with Gasteiger partial charge in [0, 0.05) is 25.6 Å². The van der Waals surface area contributed by atoms with Crippen molar-refractivity contribution in [1.29, 1.82) is 0 Å². The number of halogens is 1. The summed E-state index contributed by atoms with van der Waals surface area (Å²) in [6, 6.07) is 6.66. The normalized spacial score (nSPS) is 25.0. The quantitative estimate of drug-likeness (QED) is 0.830. The van der Waals surface area contributed by atoms with Crippen molar-refractivity contribution in [3.63, 3.8) is 0 Å². The summed E-state index contributed by atoms with van der Waals surface area (Å²) in [5, 5.41) is 0. The molecule has 1 saturated heterocycles. The van der Waals surface area contributed by atoms with E-state index in [1.165, 1.54) is 6.07 Å². The van der Waals surface area contributed by atoms with E-state index in [4.69, 9.17) is 4.74 Å². The minimum absolute atomic E-state index is 0.0462. The molecule has 2 fully saturated rings. The molecule has 0 bridgehead atoms. The molecule has 0 radical (unpaired) electrons. The number of piperidine rings is 1. The first kappa shape index (κ1) is 16.4. The molecule has 23 heavy (non-hydrogen) atoms. The van der Waals surface area contributed by atoms with Crippen molar-refractivity contribution in [2.45, 2.75) is 45.1 Å². The van der Waals surface area contributed by atoms with Crippen molar-refractivity contribution in [3.05, 3.63) is 35.6 Å². The van der Waals surface area contributed by atoms with E-state index in [9.17, 15) is 9.18 Å². The van der Waals surface area contributed by atoms with E-state index in [0.29, 0.717) is 12.0 Å². The summed E-state index contributed by atoms with van der Waals surface area (Å²) in [5.74, 6) is 0.816. The zero-order chi connectivity index (χ0) is 16.4. The predicted molar refractivity (Wildman–Crippen MR) is 87.6 cm³/mol. The van der Waals surface area contributed by atoms with Gasteiger partial charge >= 0.3 is 0 Å². The third-order valence-electron chi connectivity index (χ3n) is 4.80. The lowest BCUT2D eigenvalue weighted by Crippen LogP contribution is -2.42. The average molecular weight is 319 g/mol. The van der Waals surface area contributed by atoms with Gasteiger partial charge < -0.3 is 9.64 Å². The minimum Gasteiger partial charge on any atom is -0.378 e. The van der Waals surface area contributed by atoms with Gasteiger partial charge in [-0.2, -0.15) is 0 Å². The third kappa shape index (κ3) is 4.11. The number of carbonyl (C=O) groups excluding carboxylic acids is 1. The second-order valence-corrected chi connectivity index (χ2v) is 7.26. The molecule has 3 rings (SSSR count). The van der Waals surface area contributed by atoms with Crippen LogP contribution in [0.4, 0.5) is 4.39 Å². The van der Waals surface area contributed by atoms with Crippen LogP contribution in [0.15, 0.2) is 24.3 Å². The molecule has 1 aromatic carbocycles. The molecule has 126 valence electrons. The molecular formula is C19H26FNO2. The molecule has 1 aromatic rings. The maximum atomic E-state index is 13.3. The Kier molecular flexibility index (Phi) is 5.00. The molecule has 0 N–H and O–H groups in total. The lowest BCUT2D eigenvalue weighted by atomic mass is 10.1. The first-order valence-corrected chi connectivity index (χ1v) is 8.70. The van der Waals surface area contributed by atoms with Crippen molar-refractivity contribution in [2.24, 2.45) is 11.8 Å². The van der Waals surface area contributed by atoms with Crippen LogP contribution >= 0.6 is 0 Å². The molecule has 0 unspecified atom stereocenters. The number of likely N-dealkylation sites (tertiary alicyclic amines) is 1. The Hall–Kier alpha value is -1.42. The zero-order valence-electron chi connectivity index (χ0n) is 14.0. The average Bonchev–Trinajstić information content (AvgIpc) is 3.33. The fraction of sp³-hybridized carbons (Fsp3) is 0.632. The number of amides is 1. The molecule has 1 aliphatic carbocycles. The van der Waals surface area contributed by atoms with Gasteiger partial charge in [0.1, 0.15) is 5.82 Å². The second-order valence-electron chi connectivity index (χ2n) is 7.26. The number of hydrogen-bond acceptors (Lipinski definition) is 2. The van der Waals surface area contributed by atoms with Gasteiger partial charge in [0.25, 0.3) is 0 Å². The number of carbonyl (C=O) groups is 1. The lowest BCUT2D eigenvalue weighted by Gasteiger charge is -2.32. The summed E-state index contributed by atoms with van der Waals surface area (Å²) in [5.41, 5.74) is 0.957. The van der Waals surface area contributed by atoms with E-state index in [1.54, 1.807) is 12.1 Å². The van der Waals surface area contributed by atoms with E-state index in [1.807, 2.05) is 11.0 Å². The molecule has 2 aliphatic rings. The molecule has 4 heteroatoms. The fourth-order valence-corrected chi connectivity index (χ4v) is 3.38. The Bertz CT molecular complexity index is 552. The number of hydrogen-bond donors (Lipinski definition) is 0. The van der Waals surface area contributed by atoms with Crippen LogP contribution in [0.3, 0.4) is 0 Å². The Morgan fingerprint density at radius 1 is 1.35 bits per heavy atom. The summed E-state index contributed by atoms with van der Waals surface area (Å²) in [7, 11) is 0.